The normalized spacial score (nSPS) is 13.3. The number of aromatic nitrogens is 1. The van der Waals surface area contributed by atoms with Crippen molar-refractivity contribution in [1.29, 1.82) is 0 Å². The molecule has 1 aromatic carbocycles. The third kappa shape index (κ3) is 3.68. The number of aryl methyl sites for hydroxylation is 1. The maximum absolute atomic E-state index is 13.7. The molecule has 2 aromatic rings. The summed E-state index contributed by atoms with van der Waals surface area (Å²) in [5.74, 6) is 0.00831. The molecule has 5 nitrogen and oxygen atoms in total. The molecule has 23 heavy (non-hydrogen) atoms. The van der Waals surface area contributed by atoms with Gasteiger partial charge in [0.15, 0.2) is 6.79 Å². The van der Waals surface area contributed by atoms with Crippen LogP contribution in [0.3, 0.4) is 0 Å². The molecule has 122 valence electrons. The summed E-state index contributed by atoms with van der Waals surface area (Å²) in [4.78, 5) is 17.0. The number of carbonyl (C=O) groups is 1. The predicted molar refractivity (Wildman–Crippen MR) is 84.0 cm³/mol. The van der Waals surface area contributed by atoms with Crippen molar-refractivity contribution < 1.29 is 18.7 Å². The number of hydrogen-bond acceptors (Lipinski definition) is 5. The van der Waals surface area contributed by atoms with Gasteiger partial charge in [0.2, 0.25) is 0 Å². The van der Waals surface area contributed by atoms with Gasteiger partial charge in [-0.3, -0.25) is 4.79 Å². The summed E-state index contributed by atoms with van der Waals surface area (Å²) in [5, 5.41) is 3.74. The van der Waals surface area contributed by atoms with Crippen molar-refractivity contribution in [2.45, 2.75) is 32.9 Å². The molecule has 1 amide bonds. The Morgan fingerprint density at radius 1 is 1.48 bits per heavy atom. The van der Waals surface area contributed by atoms with Crippen LogP contribution in [0, 0.1) is 5.82 Å². The molecule has 0 spiro atoms. The monoisotopic (exact) mass is 336 g/mol. The molecular formula is C16H17FN2O3S. The molecule has 1 aromatic heterocycles. The van der Waals surface area contributed by atoms with Gasteiger partial charge < -0.3 is 14.8 Å². The van der Waals surface area contributed by atoms with E-state index in [1.165, 1.54) is 23.5 Å². The van der Waals surface area contributed by atoms with E-state index < -0.39 is 0 Å². The van der Waals surface area contributed by atoms with E-state index in [9.17, 15) is 9.18 Å². The minimum Gasteiger partial charge on any atom is -0.467 e. The molecule has 1 N–H and O–H groups in total. The molecule has 1 aliphatic rings. The lowest BCUT2D eigenvalue weighted by Gasteiger charge is -2.20. The molecule has 0 unspecified atom stereocenters. The van der Waals surface area contributed by atoms with Crippen LogP contribution >= 0.6 is 11.3 Å². The highest BCUT2D eigenvalue weighted by Crippen LogP contribution is 2.29. The first-order chi connectivity index (χ1) is 11.2. The van der Waals surface area contributed by atoms with Gasteiger partial charge in [-0.25, -0.2) is 9.37 Å². The Hall–Kier alpha value is -1.99. The van der Waals surface area contributed by atoms with Crippen LogP contribution in [0.5, 0.6) is 5.75 Å². The van der Waals surface area contributed by atoms with Gasteiger partial charge in [-0.05, 0) is 25.0 Å². The number of amides is 1. The van der Waals surface area contributed by atoms with E-state index in [-0.39, 0.29) is 25.1 Å². The zero-order valence-corrected chi connectivity index (χ0v) is 13.5. The van der Waals surface area contributed by atoms with Gasteiger partial charge in [-0.1, -0.05) is 6.92 Å². The summed E-state index contributed by atoms with van der Waals surface area (Å²) in [6.07, 6.45) is 3.43. The third-order valence-corrected chi connectivity index (χ3v) is 4.49. The van der Waals surface area contributed by atoms with E-state index in [0.717, 1.165) is 17.8 Å². The Morgan fingerprint density at radius 2 is 2.35 bits per heavy atom. The molecule has 0 atom stereocenters. The third-order valence-electron chi connectivity index (χ3n) is 3.43. The van der Waals surface area contributed by atoms with Gasteiger partial charge in [0.25, 0.3) is 5.91 Å². The maximum Gasteiger partial charge on any atom is 0.263 e. The molecule has 2 heterocycles. The number of benzene rings is 1. The van der Waals surface area contributed by atoms with E-state index in [4.69, 9.17) is 9.47 Å². The van der Waals surface area contributed by atoms with Crippen LogP contribution < -0.4 is 10.1 Å². The Labute approximate surface area is 137 Å². The van der Waals surface area contributed by atoms with Crippen LogP contribution in [0.25, 0.3) is 0 Å². The number of hydrogen-bond donors (Lipinski definition) is 1. The minimum atomic E-state index is -0.370. The number of fused-ring (bicyclic) bond motifs is 1. The number of ether oxygens (including phenoxy) is 2. The molecule has 0 saturated heterocycles. The summed E-state index contributed by atoms with van der Waals surface area (Å²) in [5.41, 5.74) is 1.26. The second kappa shape index (κ2) is 7.06. The predicted octanol–water partition coefficient (Wildman–Crippen LogP) is 3.03. The molecule has 0 bridgehead atoms. The van der Waals surface area contributed by atoms with Crippen molar-refractivity contribution in [3.05, 3.63) is 45.2 Å². The lowest BCUT2D eigenvalue weighted by Crippen LogP contribution is -2.23. The lowest BCUT2D eigenvalue weighted by molar-refractivity contribution is -0.0173. The lowest BCUT2D eigenvalue weighted by atomic mass is 10.1. The zero-order valence-electron chi connectivity index (χ0n) is 12.7. The summed E-state index contributed by atoms with van der Waals surface area (Å²) in [6.45, 7) is 2.70. The average molecular weight is 336 g/mol. The molecule has 7 heteroatoms. The fourth-order valence-electron chi connectivity index (χ4n) is 2.40. The van der Waals surface area contributed by atoms with Crippen molar-refractivity contribution in [2.75, 3.05) is 6.79 Å². The summed E-state index contributed by atoms with van der Waals surface area (Å²) in [6, 6.07) is 2.76. The van der Waals surface area contributed by atoms with Gasteiger partial charge >= 0.3 is 0 Å². The SMILES string of the molecule is CCCc1ncc(C(=O)NCc2cc(F)cc3c2OCOC3)s1. The van der Waals surface area contributed by atoms with Crippen LogP contribution in [0.2, 0.25) is 0 Å². The maximum atomic E-state index is 13.7. The molecule has 1 aliphatic heterocycles. The van der Waals surface area contributed by atoms with Crippen LogP contribution in [-0.4, -0.2) is 17.7 Å². The number of rotatable bonds is 5. The van der Waals surface area contributed by atoms with Crippen LogP contribution in [0.1, 0.15) is 39.2 Å². The second-order valence-corrected chi connectivity index (χ2v) is 6.33. The molecule has 0 radical (unpaired) electrons. The van der Waals surface area contributed by atoms with Gasteiger partial charge in [-0.15, -0.1) is 11.3 Å². The van der Waals surface area contributed by atoms with Crippen molar-refractivity contribution in [3.8, 4) is 5.75 Å². The standard InChI is InChI=1S/C16H17FN2O3S/c1-2-3-14-18-7-13(23-14)16(20)19-6-10-4-12(17)5-11-8-21-9-22-15(10)11/h4-5,7H,2-3,6,8-9H2,1H3,(H,19,20). The van der Waals surface area contributed by atoms with E-state index in [1.807, 2.05) is 0 Å². The van der Waals surface area contributed by atoms with E-state index in [2.05, 4.69) is 17.2 Å². The van der Waals surface area contributed by atoms with Crippen molar-refractivity contribution in [1.82, 2.24) is 10.3 Å². The highest BCUT2D eigenvalue weighted by molar-refractivity contribution is 7.13. The average Bonchev–Trinajstić information content (AvgIpc) is 3.01. The first-order valence-corrected chi connectivity index (χ1v) is 8.23. The molecule has 0 aliphatic carbocycles. The Kier molecular flexibility index (Phi) is 4.88. The molecular weight excluding hydrogens is 319 g/mol. The topological polar surface area (TPSA) is 60.5 Å². The van der Waals surface area contributed by atoms with E-state index in [1.54, 1.807) is 6.20 Å². The van der Waals surface area contributed by atoms with Gasteiger partial charge in [-0.2, -0.15) is 0 Å². The molecule has 0 fully saturated rings. The Morgan fingerprint density at radius 3 is 3.17 bits per heavy atom. The van der Waals surface area contributed by atoms with Gasteiger partial charge in [0.05, 0.1) is 17.8 Å². The smallest absolute Gasteiger partial charge is 0.263 e. The number of nitrogens with one attached hydrogen (secondary N) is 1. The minimum absolute atomic E-state index is 0.134. The van der Waals surface area contributed by atoms with Gasteiger partial charge in [0.1, 0.15) is 16.4 Å². The second-order valence-electron chi connectivity index (χ2n) is 5.21. The Balaban J connectivity index is 1.70. The molecule has 3 rings (SSSR count). The molecule has 0 saturated carbocycles. The summed E-state index contributed by atoms with van der Waals surface area (Å²) in [7, 11) is 0. The first-order valence-electron chi connectivity index (χ1n) is 7.42. The van der Waals surface area contributed by atoms with Crippen molar-refractivity contribution >= 4 is 17.2 Å². The van der Waals surface area contributed by atoms with Gasteiger partial charge in [0, 0.05) is 17.7 Å². The zero-order chi connectivity index (χ0) is 16.2. The highest BCUT2D eigenvalue weighted by Gasteiger charge is 2.18. The number of carbonyl (C=O) groups excluding carboxylic acids is 1. The number of nitrogens with zero attached hydrogens (tertiary/aromatic N) is 1. The van der Waals surface area contributed by atoms with Crippen LogP contribution in [0.4, 0.5) is 4.39 Å². The van der Waals surface area contributed by atoms with Crippen LogP contribution in [-0.2, 0) is 24.3 Å². The first kappa shape index (κ1) is 15.9. The van der Waals surface area contributed by atoms with Crippen molar-refractivity contribution in [2.24, 2.45) is 0 Å². The fraction of sp³-hybridized carbons (Fsp3) is 0.375. The quantitative estimate of drug-likeness (QED) is 0.912. The summed E-state index contributed by atoms with van der Waals surface area (Å²) < 4.78 is 24.2. The number of halogens is 1. The van der Waals surface area contributed by atoms with Crippen molar-refractivity contribution in [3.63, 3.8) is 0 Å². The van der Waals surface area contributed by atoms with Crippen LogP contribution in [0.15, 0.2) is 18.3 Å². The summed E-state index contributed by atoms with van der Waals surface area (Å²) >= 11 is 1.38. The van der Waals surface area contributed by atoms with E-state index in [0.29, 0.717) is 28.4 Å². The fourth-order valence-corrected chi connectivity index (χ4v) is 3.33. The largest absolute Gasteiger partial charge is 0.467 e. The number of thiazole rings is 1. The highest BCUT2D eigenvalue weighted by atomic mass is 32.1. The van der Waals surface area contributed by atoms with E-state index >= 15 is 0 Å². The Bertz CT molecular complexity index is 717.